The molecule has 0 saturated heterocycles. The molecule has 19 heavy (non-hydrogen) atoms. The van der Waals surface area contributed by atoms with E-state index in [1.54, 1.807) is 13.4 Å². The minimum absolute atomic E-state index is 0.00833. The highest BCUT2D eigenvalue weighted by Crippen LogP contribution is 2.35. The molecule has 0 aromatic carbocycles. The van der Waals surface area contributed by atoms with E-state index in [0.717, 1.165) is 49.6 Å². The highest BCUT2D eigenvalue weighted by Gasteiger charge is 2.36. The lowest BCUT2D eigenvalue weighted by molar-refractivity contribution is -0.0601. The van der Waals surface area contributed by atoms with Crippen LogP contribution in [0.4, 0.5) is 11.6 Å². The molecule has 0 amide bonds. The second-order valence-corrected chi connectivity index (χ2v) is 5.22. The smallest absolute Gasteiger partial charge is 0.134 e. The fourth-order valence-corrected chi connectivity index (χ4v) is 2.32. The predicted molar refractivity (Wildman–Crippen MR) is 77.6 cm³/mol. The van der Waals surface area contributed by atoms with Crippen molar-refractivity contribution in [2.24, 2.45) is 0 Å². The van der Waals surface area contributed by atoms with Crippen molar-refractivity contribution in [3.63, 3.8) is 0 Å². The first kappa shape index (κ1) is 14.1. The molecule has 0 atom stereocenters. The van der Waals surface area contributed by atoms with E-state index in [-0.39, 0.29) is 5.60 Å². The maximum absolute atomic E-state index is 5.61. The molecule has 0 bridgehead atoms. The van der Waals surface area contributed by atoms with Crippen LogP contribution in [-0.4, -0.2) is 35.8 Å². The Labute approximate surface area is 115 Å². The minimum atomic E-state index is 0.00833. The quantitative estimate of drug-likeness (QED) is 0.792. The van der Waals surface area contributed by atoms with Gasteiger partial charge in [-0.05, 0) is 32.6 Å². The van der Waals surface area contributed by atoms with Crippen molar-refractivity contribution in [3.05, 3.63) is 11.9 Å². The summed E-state index contributed by atoms with van der Waals surface area (Å²) in [6.07, 6.45) is 6.19. The molecule has 1 aliphatic rings. The summed E-state index contributed by atoms with van der Waals surface area (Å²) in [7, 11) is 1.79. The Hall–Kier alpha value is -1.36. The van der Waals surface area contributed by atoms with Crippen LogP contribution >= 0.6 is 0 Å². The number of nitrogens with zero attached hydrogens (tertiary/aromatic N) is 2. The van der Waals surface area contributed by atoms with Gasteiger partial charge in [0.05, 0.1) is 5.60 Å². The normalized spacial score (nSPS) is 16.8. The summed E-state index contributed by atoms with van der Waals surface area (Å²) >= 11 is 0. The maximum atomic E-state index is 5.61. The molecule has 1 saturated carbocycles. The summed E-state index contributed by atoms with van der Waals surface area (Å²) in [5.74, 6) is 1.82. The molecule has 0 radical (unpaired) electrons. The van der Waals surface area contributed by atoms with E-state index in [0.29, 0.717) is 0 Å². The monoisotopic (exact) mass is 264 g/mol. The summed E-state index contributed by atoms with van der Waals surface area (Å²) in [6, 6.07) is 0. The van der Waals surface area contributed by atoms with Crippen molar-refractivity contribution < 1.29 is 4.74 Å². The Bertz CT molecular complexity index is 412. The number of rotatable bonds is 7. The van der Waals surface area contributed by atoms with Gasteiger partial charge in [0, 0.05) is 25.8 Å². The molecule has 0 aliphatic heterocycles. The zero-order valence-electron chi connectivity index (χ0n) is 12.1. The van der Waals surface area contributed by atoms with Gasteiger partial charge >= 0.3 is 0 Å². The average molecular weight is 264 g/mol. The van der Waals surface area contributed by atoms with Gasteiger partial charge in [-0.2, -0.15) is 0 Å². The molecule has 0 unspecified atom stereocenters. The van der Waals surface area contributed by atoms with Gasteiger partial charge in [-0.25, -0.2) is 9.97 Å². The van der Waals surface area contributed by atoms with E-state index in [9.17, 15) is 0 Å². The first-order chi connectivity index (χ1) is 9.21. The zero-order valence-corrected chi connectivity index (χ0v) is 12.1. The molecule has 0 spiro atoms. The highest BCUT2D eigenvalue weighted by molar-refractivity contribution is 5.56. The number of hydrogen-bond donors (Lipinski definition) is 2. The van der Waals surface area contributed by atoms with Gasteiger partial charge in [0.2, 0.25) is 0 Å². The lowest BCUT2D eigenvalue weighted by Gasteiger charge is -2.40. The fourth-order valence-electron chi connectivity index (χ4n) is 2.32. The third kappa shape index (κ3) is 3.15. The van der Waals surface area contributed by atoms with Crippen molar-refractivity contribution in [2.45, 2.75) is 45.1 Å². The van der Waals surface area contributed by atoms with Crippen LogP contribution in [0.2, 0.25) is 0 Å². The summed E-state index contributed by atoms with van der Waals surface area (Å²) in [5.41, 5.74) is 1.08. The van der Waals surface area contributed by atoms with Gasteiger partial charge in [0.15, 0.2) is 0 Å². The number of nitrogens with one attached hydrogen (secondary N) is 2. The summed E-state index contributed by atoms with van der Waals surface area (Å²) in [5, 5.41) is 6.73. The van der Waals surface area contributed by atoms with Crippen LogP contribution in [0.25, 0.3) is 0 Å². The van der Waals surface area contributed by atoms with E-state index >= 15 is 0 Å². The fraction of sp³-hybridized carbons (Fsp3) is 0.714. The first-order valence-electron chi connectivity index (χ1n) is 7.05. The Balaban J connectivity index is 1.99. The largest absolute Gasteiger partial charge is 0.376 e. The van der Waals surface area contributed by atoms with E-state index < -0.39 is 0 Å². The Morgan fingerprint density at radius 3 is 2.47 bits per heavy atom. The van der Waals surface area contributed by atoms with Crippen molar-refractivity contribution in [3.8, 4) is 0 Å². The van der Waals surface area contributed by atoms with Crippen LogP contribution in [0.1, 0.15) is 38.2 Å². The second kappa shape index (κ2) is 6.19. The summed E-state index contributed by atoms with van der Waals surface area (Å²) in [6.45, 7) is 5.93. The third-order valence-electron chi connectivity index (χ3n) is 3.90. The van der Waals surface area contributed by atoms with Crippen LogP contribution in [0.3, 0.4) is 0 Å². The zero-order chi connectivity index (χ0) is 13.7. The third-order valence-corrected chi connectivity index (χ3v) is 3.90. The summed E-state index contributed by atoms with van der Waals surface area (Å²) < 4.78 is 5.61. The van der Waals surface area contributed by atoms with Crippen molar-refractivity contribution in [1.29, 1.82) is 0 Å². The minimum Gasteiger partial charge on any atom is -0.376 e. The number of anilines is 2. The van der Waals surface area contributed by atoms with Crippen molar-refractivity contribution in [2.75, 3.05) is 30.8 Å². The van der Waals surface area contributed by atoms with Gasteiger partial charge in [-0.15, -0.1) is 0 Å². The highest BCUT2D eigenvalue weighted by atomic mass is 16.5. The van der Waals surface area contributed by atoms with Gasteiger partial charge in [0.1, 0.15) is 18.0 Å². The molecule has 1 fully saturated rings. The lowest BCUT2D eigenvalue weighted by Crippen LogP contribution is -2.45. The van der Waals surface area contributed by atoms with E-state index in [2.05, 4.69) is 27.5 Å². The SMILES string of the molecule is CCCNc1ncnc(NCC2(OC)CCC2)c1C. The first-order valence-corrected chi connectivity index (χ1v) is 7.05. The van der Waals surface area contributed by atoms with Crippen molar-refractivity contribution >= 4 is 11.6 Å². The van der Waals surface area contributed by atoms with Crippen LogP contribution in [0.5, 0.6) is 0 Å². The van der Waals surface area contributed by atoms with Gasteiger partial charge in [-0.3, -0.25) is 0 Å². The molecule has 5 nitrogen and oxygen atoms in total. The number of hydrogen-bond acceptors (Lipinski definition) is 5. The Kier molecular flexibility index (Phi) is 4.58. The maximum Gasteiger partial charge on any atom is 0.134 e. The molecule has 1 aromatic heterocycles. The van der Waals surface area contributed by atoms with Crippen LogP contribution in [-0.2, 0) is 4.74 Å². The molecule has 1 aliphatic carbocycles. The molecule has 1 heterocycles. The van der Waals surface area contributed by atoms with Crippen LogP contribution in [0, 0.1) is 6.92 Å². The predicted octanol–water partition coefficient (Wildman–Crippen LogP) is 2.59. The molecule has 2 rings (SSSR count). The van der Waals surface area contributed by atoms with Gasteiger partial charge in [-0.1, -0.05) is 6.92 Å². The molecule has 1 aromatic rings. The summed E-state index contributed by atoms with van der Waals surface area (Å²) in [4.78, 5) is 8.61. The molecule has 106 valence electrons. The van der Waals surface area contributed by atoms with Crippen LogP contribution < -0.4 is 10.6 Å². The topological polar surface area (TPSA) is 59.1 Å². The lowest BCUT2D eigenvalue weighted by atomic mass is 9.80. The molecular weight excluding hydrogens is 240 g/mol. The van der Waals surface area contributed by atoms with Crippen molar-refractivity contribution in [1.82, 2.24) is 9.97 Å². The molecule has 2 N–H and O–H groups in total. The van der Waals surface area contributed by atoms with E-state index in [4.69, 9.17) is 4.74 Å². The van der Waals surface area contributed by atoms with Crippen LogP contribution in [0.15, 0.2) is 6.33 Å². The van der Waals surface area contributed by atoms with E-state index in [1.807, 2.05) is 6.92 Å². The molecular formula is C14H24N4O. The Morgan fingerprint density at radius 1 is 1.26 bits per heavy atom. The Morgan fingerprint density at radius 2 is 1.95 bits per heavy atom. The average Bonchev–Trinajstić information content (AvgIpc) is 2.38. The molecule has 5 heteroatoms. The number of ether oxygens (including phenoxy) is 1. The number of methoxy groups -OCH3 is 1. The second-order valence-electron chi connectivity index (χ2n) is 5.22. The van der Waals surface area contributed by atoms with Gasteiger partial charge in [0.25, 0.3) is 0 Å². The van der Waals surface area contributed by atoms with Gasteiger partial charge < -0.3 is 15.4 Å². The van der Waals surface area contributed by atoms with E-state index in [1.165, 1.54) is 6.42 Å². The number of aromatic nitrogens is 2. The standard InChI is InChI=1S/C14H24N4O/c1-4-8-15-12-11(2)13(18-10-17-12)16-9-14(19-3)6-5-7-14/h10H,4-9H2,1-3H3,(H2,15,16,17,18).